The molecule has 0 saturated heterocycles. The Bertz CT molecular complexity index is 447. The Labute approximate surface area is 130 Å². The van der Waals surface area contributed by atoms with Gasteiger partial charge < -0.3 is 10.5 Å². The number of hydrogen-bond acceptors (Lipinski definition) is 3. The number of benzene rings is 1. The Morgan fingerprint density at radius 1 is 1.29 bits per heavy atom. The lowest BCUT2D eigenvalue weighted by atomic mass is 9.91. The maximum atomic E-state index is 12.3. The summed E-state index contributed by atoms with van der Waals surface area (Å²) in [6.45, 7) is 3.46. The maximum Gasteiger partial charge on any atom is 0.119 e. The number of rotatable bonds is 7. The zero-order valence-corrected chi connectivity index (χ0v) is 13.7. The van der Waals surface area contributed by atoms with Gasteiger partial charge in [-0.1, -0.05) is 31.9 Å². The van der Waals surface area contributed by atoms with Gasteiger partial charge in [-0.05, 0) is 42.9 Å². The Balaban J connectivity index is 1.65. The molecule has 2 rings (SSSR count). The molecule has 2 N–H and O–H groups in total. The van der Waals surface area contributed by atoms with E-state index in [2.05, 4.69) is 6.92 Å². The van der Waals surface area contributed by atoms with Crippen LogP contribution in [-0.2, 0) is 17.3 Å². The summed E-state index contributed by atoms with van der Waals surface area (Å²) in [5, 5.41) is 0.414. The third kappa shape index (κ3) is 5.44. The average molecular weight is 309 g/mol. The van der Waals surface area contributed by atoms with Crippen LogP contribution in [0.5, 0.6) is 5.75 Å². The molecule has 0 spiro atoms. The highest BCUT2D eigenvalue weighted by molar-refractivity contribution is 7.85. The molecule has 0 aromatic heterocycles. The lowest BCUT2D eigenvalue weighted by molar-refractivity contribution is 0.317. The molecule has 1 saturated carbocycles. The molecule has 4 heteroatoms. The fraction of sp³-hybridized carbons (Fsp3) is 0.647. The zero-order chi connectivity index (χ0) is 15.1. The van der Waals surface area contributed by atoms with Gasteiger partial charge in [-0.15, -0.1) is 0 Å². The van der Waals surface area contributed by atoms with Crippen LogP contribution in [0, 0.1) is 5.92 Å². The Kier molecular flexibility index (Phi) is 6.71. The molecule has 118 valence electrons. The first-order chi connectivity index (χ1) is 10.2. The minimum atomic E-state index is -0.687. The van der Waals surface area contributed by atoms with Crippen molar-refractivity contribution in [1.82, 2.24) is 0 Å². The second-order valence-electron chi connectivity index (χ2n) is 6.03. The van der Waals surface area contributed by atoms with Crippen molar-refractivity contribution in [3.8, 4) is 5.75 Å². The van der Waals surface area contributed by atoms with Gasteiger partial charge in [0.05, 0.1) is 6.61 Å². The van der Waals surface area contributed by atoms with Crippen molar-refractivity contribution in [2.75, 3.05) is 12.4 Å². The molecule has 0 bridgehead atoms. The average Bonchev–Trinajstić information content (AvgIpc) is 2.52. The van der Waals surface area contributed by atoms with Crippen LogP contribution >= 0.6 is 0 Å². The highest BCUT2D eigenvalue weighted by Crippen LogP contribution is 2.27. The first-order valence-electron chi connectivity index (χ1n) is 7.98. The minimum absolute atomic E-state index is 0.414. The fourth-order valence-corrected chi connectivity index (χ4v) is 4.61. The van der Waals surface area contributed by atoms with Crippen LogP contribution in [0.15, 0.2) is 24.3 Å². The predicted octanol–water partition coefficient (Wildman–Crippen LogP) is 3.24. The monoisotopic (exact) mass is 309 g/mol. The van der Waals surface area contributed by atoms with Crippen LogP contribution in [-0.4, -0.2) is 21.8 Å². The molecule has 0 aliphatic heterocycles. The molecule has 1 aromatic rings. The van der Waals surface area contributed by atoms with Crippen molar-refractivity contribution in [3.63, 3.8) is 0 Å². The van der Waals surface area contributed by atoms with Crippen molar-refractivity contribution < 1.29 is 8.95 Å². The van der Waals surface area contributed by atoms with E-state index in [-0.39, 0.29) is 0 Å². The minimum Gasteiger partial charge on any atom is -0.494 e. The van der Waals surface area contributed by atoms with Crippen LogP contribution in [0.1, 0.15) is 44.6 Å². The van der Waals surface area contributed by atoms with Crippen LogP contribution in [0.2, 0.25) is 0 Å². The lowest BCUT2D eigenvalue weighted by Gasteiger charge is -2.26. The molecule has 0 amide bonds. The normalized spacial score (nSPS) is 23.7. The Morgan fingerprint density at radius 3 is 2.71 bits per heavy atom. The van der Waals surface area contributed by atoms with E-state index in [1.807, 2.05) is 24.3 Å². The summed E-state index contributed by atoms with van der Waals surface area (Å²) in [7, 11) is -0.687. The van der Waals surface area contributed by atoms with Gasteiger partial charge >= 0.3 is 0 Å². The molecular formula is C17H27NO2S. The Morgan fingerprint density at radius 2 is 2.05 bits per heavy atom. The summed E-state index contributed by atoms with van der Waals surface area (Å²) in [5.41, 5.74) is 6.67. The molecule has 0 radical (unpaired) electrons. The van der Waals surface area contributed by atoms with Crippen LogP contribution in [0.4, 0.5) is 0 Å². The van der Waals surface area contributed by atoms with Gasteiger partial charge in [-0.3, -0.25) is 4.21 Å². The largest absolute Gasteiger partial charge is 0.494 e. The maximum absolute atomic E-state index is 12.3. The van der Waals surface area contributed by atoms with Gasteiger partial charge in [0.25, 0.3) is 0 Å². The number of ether oxygens (including phenoxy) is 1. The summed E-state index contributed by atoms with van der Waals surface area (Å²) < 4.78 is 18.0. The smallest absolute Gasteiger partial charge is 0.119 e. The summed E-state index contributed by atoms with van der Waals surface area (Å²) in [6.07, 6.45) is 5.67. The summed E-state index contributed by atoms with van der Waals surface area (Å²) in [6, 6.07) is 7.86. The molecule has 21 heavy (non-hydrogen) atoms. The molecule has 3 atom stereocenters. The first-order valence-corrected chi connectivity index (χ1v) is 9.36. The van der Waals surface area contributed by atoms with Crippen LogP contribution in [0.25, 0.3) is 0 Å². The quantitative estimate of drug-likeness (QED) is 0.787. The zero-order valence-electron chi connectivity index (χ0n) is 12.9. The van der Waals surface area contributed by atoms with Gasteiger partial charge in [0, 0.05) is 28.3 Å². The molecule has 0 heterocycles. The first kappa shape index (κ1) is 16.5. The lowest BCUT2D eigenvalue weighted by Crippen LogP contribution is -2.25. The van der Waals surface area contributed by atoms with E-state index < -0.39 is 10.8 Å². The highest BCUT2D eigenvalue weighted by atomic mass is 32.2. The summed E-state index contributed by atoms with van der Waals surface area (Å²) in [4.78, 5) is 0. The summed E-state index contributed by atoms with van der Waals surface area (Å²) in [5.74, 6) is 2.37. The molecule has 1 aromatic carbocycles. The molecular weight excluding hydrogens is 282 g/mol. The van der Waals surface area contributed by atoms with E-state index in [0.29, 0.717) is 18.4 Å². The SMILES string of the molecule is CC1CCCC(S(=O)CCCOc2ccc(CN)cc2)C1. The molecule has 3 unspecified atom stereocenters. The second-order valence-corrected chi connectivity index (χ2v) is 7.87. The van der Waals surface area contributed by atoms with Gasteiger partial charge in [-0.2, -0.15) is 0 Å². The van der Waals surface area contributed by atoms with Crippen LogP contribution < -0.4 is 10.5 Å². The van der Waals surface area contributed by atoms with E-state index in [1.165, 1.54) is 12.8 Å². The van der Waals surface area contributed by atoms with E-state index in [9.17, 15) is 4.21 Å². The van der Waals surface area contributed by atoms with Gasteiger partial charge in [0.1, 0.15) is 5.75 Å². The predicted molar refractivity (Wildman–Crippen MR) is 88.9 cm³/mol. The molecule has 3 nitrogen and oxygen atoms in total. The molecule has 1 aliphatic rings. The third-order valence-corrected chi connectivity index (χ3v) is 6.04. The molecule has 1 aliphatic carbocycles. The highest BCUT2D eigenvalue weighted by Gasteiger charge is 2.23. The van der Waals surface area contributed by atoms with E-state index in [1.54, 1.807) is 0 Å². The topological polar surface area (TPSA) is 52.3 Å². The van der Waals surface area contributed by atoms with Gasteiger partial charge in [-0.25, -0.2) is 0 Å². The van der Waals surface area contributed by atoms with Crippen molar-refractivity contribution in [1.29, 1.82) is 0 Å². The second kappa shape index (κ2) is 8.54. The standard InChI is InChI=1S/C17H27NO2S/c1-14-4-2-5-17(12-14)21(19)11-3-10-20-16-8-6-15(13-18)7-9-16/h6-9,14,17H,2-5,10-13,18H2,1H3. The number of nitrogens with two attached hydrogens (primary N) is 1. The van der Waals surface area contributed by atoms with Gasteiger partial charge in [0.2, 0.25) is 0 Å². The molecule has 1 fully saturated rings. The fourth-order valence-electron chi connectivity index (χ4n) is 2.90. The van der Waals surface area contributed by atoms with E-state index >= 15 is 0 Å². The van der Waals surface area contributed by atoms with Crippen molar-refractivity contribution >= 4 is 10.8 Å². The van der Waals surface area contributed by atoms with Gasteiger partial charge in [0.15, 0.2) is 0 Å². The van der Waals surface area contributed by atoms with Crippen LogP contribution in [0.3, 0.4) is 0 Å². The van der Waals surface area contributed by atoms with E-state index in [0.717, 1.165) is 42.2 Å². The third-order valence-electron chi connectivity index (χ3n) is 4.18. The van der Waals surface area contributed by atoms with Crippen molar-refractivity contribution in [2.24, 2.45) is 11.7 Å². The van der Waals surface area contributed by atoms with E-state index in [4.69, 9.17) is 10.5 Å². The van der Waals surface area contributed by atoms with Crippen molar-refractivity contribution in [3.05, 3.63) is 29.8 Å². The number of hydrogen-bond donors (Lipinski definition) is 1. The van der Waals surface area contributed by atoms with Crippen molar-refractivity contribution in [2.45, 2.75) is 50.8 Å². The Hall–Kier alpha value is -0.870. The summed E-state index contributed by atoms with van der Waals surface area (Å²) >= 11 is 0.